The molecule has 0 aromatic rings. The fourth-order valence-corrected chi connectivity index (χ4v) is 5.86. The lowest BCUT2D eigenvalue weighted by atomic mass is 9.80. The van der Waals surface area contributed by atoms with Gasteiger partial charge in [-0.3, -0.25) is 19.2 Å². The first-order valence-corrected chi connectivity index (χ1v) is 13.4. The van der Waals surface area contributed by atoms with Crippen LogP contribution >= 0.6 is 0 Å². The van der Waals surface area contributed by atoms with Crippen molar-refractivity contribution in [2.75, 3.05) is 6.54 Å². The summed E-state index contributed by atoms with van der Waals surface area (Å²) in [5.41, 5.74) is 4.04. The maximum absolute atomic E-state index is 13.9. The second kappa shape index (κ2) is 9.91. The van der Waals surface area contributed by atoms with Crippen molar-refractivity contribution in [2.45, 2.75) is 105 Å². The Kier molecular flexibility index (Phi) is 7.74. The number of ketones is 1. The van der Waals surface area contributed by atoms with E-state index >= 15 is 0 Å². The van der Waals surface area contributed by atoms with Gasteiger partial charge in [-0.25, -0.2) is 4.79 Å². The van der Waals surface area contributed by atoms with Crippen LogP contribution < -0.4 is 21.7 Å². The zero-order chi connectivity index (χ0) is 28.1. The molecule has 0 spiro atoms. The van der Waals surface area contributed by atoms with Gasteiger partial charge in [-0.05, 0) is 55.8 Å². The summed E-state index contributed by atoms with van der Waals surface area (Å²) < 4.78 is 0. The van der Waals surface area contributed by atoms with Crippen LogP contribution in [0.25, 0.3) is 0 Å². The molecule has 37 heavy (non-hydrogen) atoms. The number of likely N-dealkylation sites (tertiary alicyclic amines) is 1. The maximum atomic E-state index is 13.9. The highest BCUT2D eigenvalue weighted by molar-refractivity contribution is 6.37. The molecule has 10 heteroatoms. The Morgan fingerprint density at radius 2 is 1.59 bits per heavy atom. The number of amides is 5. The molecule has 1 heterocycles. The van der Waals surface area contributed by atoms with E-state index in [4.69, 9.17) is 5.73 Å². The molecule has 2 saturated carbocycles. The molecule has 0 aromatic heterocycles. The zero-order valence-electron chi connectivity index (χ0n) is 23.6. The number of Topliss-reactive ketones (excluding diaryl/α,β-unsaturated/α-hetero) is 1. The molecule has 1 aliphatic heterocycles. The summed E-state index contributed by atoms with van der Waals surface area (Å²) in [7, 11) is 0. The van der Waals surface area contributed by atoms with Crippen molar-refractivity contribution in [1.29, 1.82) is 0 Å². The molecular formula is C27H45N5O5. The van der Waals surface area contributed by atoms with E-state index < -0.39 is 52.7 Å². The van der Waals surface area contributed by atoms with Crippen LogP contribution in [-0.4, -0.2) is 64.6 Å². The number of fused-ring (bicyclic) bond motifs is 1. The van der Waals surface area contributed by atoms with Crippen LogP contribution in [0.1, 0.15) is 81.1 Å². The summed E-state index contributed by atoms with van der Waals surface area (Å²) >= 11 is 0. The Labute approximate surface area is 220 Å². The molecule has 0 bridgehead atoms. The average molecular weight is 520 g/mol. The predicted molar refractivity (Wildman–Crippen MR) is 139 cm³/mol. The SMILES string of the molecule is CC(C)(C)NC(=O)N[C@@H](C(=O)N1C[C@H]2[C@@H]([C@H]1C(=O)N[C@H](CC1CCC1)C(=O)C(N)=O)C2(C)C)C(C)(C)C. The molecule has 2 aliphatic carbocycles. The normalized spacial score (nSPS) is 26.3. The Balaban J connectivity index is 1.83. The van der Waals surface area contributed by atoms with E-state index in [1.54, 1.807) is 4.90 Å². The van der Waals surface area contributed by atoms with Gasteiger partial charge in [0.1, 0.15) is 12.1 Å². The summed E-state index contributed by atoms with van der Waals surface area (Å²) in [4.78, 5) is 66.1. The van der Waals surface area contributed by atoms with Gasteiger partial charge in [0.25, 0.3) is 5.91 Å². The van der Waals surface area contributed by atoms with Gasteiger partial charge >= 0.3 is 6.03 Å². The summed E-state index contributed by atoms with van der Waals surface area (Å²) in [6.07, 6.45) is 3.31. The molecule has 0 unspecified atom stereocenters. The van der Waals surface area contributed by atoms with Crippen molar-refractivity contribution in [3.05, 3.63) is 0 Å². The molecule has 1 saturated heterocycles. The topological polar surface area (TPSA) is 151 Å². The molecule has 5 amide bonds. The van der Waals surface area contributed by atoms with Gasteiger partial charge in [0.2, 0.25) is 17.6 Å². The summed E-state index contributed by atoms with van der Waals surface area (Å²) in [5, 5.41) is 8.44. The van der Waals surface area contributed by atoms with Crippen LogP contribution in [0.4, 0.5) is 4.79 Å². The molecule has 10 nitrogen and oxygen atoms in total. The van der Waals surface area contributed by atoms with Crippen LogP contribution in [0.5, 0.6) is 0 Å². The maximum Gasteiger partial charge on any atom is 0.315 e. The van der Waals surface area contributed by atoms with Crippen molar-refractivity contribution in [3.8, 4) is 0 Å². The molecule has 3 rings (SSSR count). The Hall–Kier alpha value is -2.65. The quantitative estimate of drug-likeness (QED) is 0.360. The molecule has 3 fully saturated rings. The monoisotopic (exact) mass is 519 g/mol. The lowest BCUT2D eigenvalue weighted by Crippen LogP contribution is -2.62. The minimum Gasteiger partial charge on any atom is -0.363 e. The first-order valence-electron chi connectivity index (χ1n) is 13.4. The molecule has 3 aliphatic rings. The van der Waals surface area contributed by atoms with Crippen LogP contribution in [0.15, 0.2) is 0 Å². The van der Waals surface area contributed by atoms with Crippen LogP contribution in [0, 0.1) is 28.6 Å². The molecule has 0 radical (unpaired) electrons. The number of carbonyl (C=O) groups is 5. The van der Waals surface area contributed by atoms with E-state index in [0.29, 0.717) is 13.0 Å². The predicted octanol–water partition coefficient (Wildman–Crippen LogP) is 1.71. The number of rotatable bonds is 8. The van der Waals surface area contributed by atoms with Gasteiger partial charge < -0.3 is 26.6 Å². The second-order valence-corrected chi connectivity index (χ2v) is 13.9. The molecule has 0 aromatic carbocycles. The van der Waals surface area contributed by atoms with E-state index in [1.165, 1.54) is 0 Å². The third-order valence-electron chi connectivity index (χ3n) is 8.31. The number of nitrogens with one attached hydrogen (secondary N) is 3. The number of hydrogen-bond acceptors (Lipinski definition) is 5. The van der Waals surface area contributed by atoms with E-state index in [0.717, 1.165) is 19.3 Å². The number of primary amides is 1. The lowest BCUT2D eigenvalue weighted by Gasteiger charge is -2.38. The summed E-state index contributed by atoms with van der Waals surface area (Å²) in [6, 6.07) is -3.13. The molecule has 5 atom stereocenters. The smallest absolute Gasteiger partial charge is 0.315 e. The summed E-state index contributed by atoms with van der Waals surface area (Å²) in [5.74, 6) is -2.35. The zero-order valence-corrected chi connectivity index (χ0v) is 23.6. The van der Waals surface area contributed by atoms with Crippen LogP contribution in [0.2, 0.25) is 0 Å². The standard InChI is InChI=1S/C27H45N5O5/c1-25(2,3)20(30-24(37)31-26(4,5)6)23(36)32-13-15-17(27(15,7)8)18(32)22(35)29-16(19(33)21(28)34)12-14-10-9-11-14/h14-18,20H,9-13H2,1-8H3,(H2,28,34)(H,29,35)(H2,30,31,37)/t15-,16+,17-,18-,20-/m0/s1. The third kappa shape index (κ3) is 6.26. The third-order valence-corrected chi connectivity index (χ3v) is 8.31. The highest BCUT2D eigenvalue weighted by Gasteiger charge is 2.70. The number of nitrogens with two attached hydrogens (primary N) is 1. The van der Waals surface area contributed by atoms with E-state index in [1.807, 2.05) is 41.5 Å². The highest BCUT2D eigenvalue weighted by atomic mass is 16.2. The first kappa shape index (κ1) is 28.9. The summed E-state index contributed by atoms with van der Waals surface area (Å²) in [6.45, 7) is 15.7. The van der Waals surface area contributed by atoms with E-state index in [9.17, 15) is 24.0 Å². The second-order valence-electron chi connectivity index (χ2n) is 13.9. The van der Waals surface area contributed by atoms with Crippen LogP contribution in [0.3, 0.4) is 0 Å². The Morgan fingerprint density at radius 3 is 2.05 bits per heavy atom. The van der Waals surface area contributed by atoms with Gasteiger partial charge in [-0.1, -0.05) is 53.9 Å². The van der Waals surface area contributed by atoms with Gasteiger partial charge in [0, 0.05) is 12.1 Å². The van der Waals surface area contributed by atoms with E-state index in [2.05, 4.69) is 29.8 Å². The molecular weight excluding hydrogens is 474 g/mol. The van der Waals surface area contributed by atoms with Gasteiger partial charge in [-0.15, -0.1) is 0 Å². The van der Waals surface area contributed by atoms with Gasteiger partial charge in [0.15, 0.2) is 0 Å². The fraction of sp³-hybridized carbons (Fsp3) is 0.815. The van der Waals surface area contributed by atoms with E-state index in [-0.39, 0.29) is 29.1 Å². The molecule has 5 N–H and O–H groups in total. The Morgan fingerprint density at radius 1 is 1.00 bits per heavy atom. The largest absolute Gasteiger partial charge is 0.363 e. The number of urea groups is 1. The van der Waals surface area contributed by atoms with Crippen molar-refractivity contribution in [2.24, 2.45) is 34.3 Å². The number of nitrogens with zero attached hydrogens (tertiary/aromatic N) is 1. The fourth-order valence-electron chi connectivity index (χ4n) is 5.86. The first-order chi connectivity index (χ1) is 16.8. The average Bonchev–Trinajstić information content (AvgIpc) is 3.06. The number of carbonyl (C=O) groups excluding carboxylic acids is 5. The van der Waals surface area contributed by atoms with Crippen molar-refractivity contribution in [1.82, 2.24) is 20.9 Å². The van der Waals surface area contributed by atoms with Crippen LogP contribution in [-0.2, 0) is 19.2 Å². The minimum atomic E-state index is -1.07. The van der Waals surface area contributed by atoms with Crippen molar-refractivity contribution in [3.63, 3.8) is 0 Å². The molecule has 208 valence electrons. The Bertz CT molecular complexity index is 959. The van der Waals surface area contributed by atoms with Crippen molar-refractivity contribution < 1.29 is 24.0 Å². The van der Waals surface area contributed by atoms with Crippen molar-refractivity contribution >= 4 is 29.5 Å². The highest BCUT2D eigenvalue weighted by Crippen LogP contribution is 2.65. The lowest BCUT2D eigenvalue weighted by molar-refractivity contribution is -0.145. The number of hydrogen-bond donors (Lipinski definition) is 4. The van der Waals surface area contributed by atoms with Gasteiger partial charge in [-0.2, -0.15) is 0 Å². The number of piperidine rings is 1. The van der Waals surface area contributed by atoms with Gasteiger partial charge in [0.05, 0.1) is 6.04 Å². The minimum absolute atomic E-state index is 0.0755.